The molecule has 0 amide bonds. The lowest BCUT2D eigenvalue weighted by molar-refractivity contribution is 0.633. The van der Waals surface area contributed by atoms with Crippen LogP contribution in [0.4, 0.5) is 5.69 Å². The Kier molecular flexibility index (Phi) is 6.37. The Hall–Kier alpha value is -1.88. The minimum Gasteiger partial charge on any atom is -0.358 e. The van der Waals surface area contributed by atoms with E-state index >= 15 is 0 Å². The summed E-state index contributed by atoms with van der Waals surface area (Å²) in [4.78, 5) is 0. The van der Waals surface area contributed by atoms with E-state index < -0.39 is 0 Å². The van der Waals surface area contributed by atoms with Gasteiger partial charge in [0.1, 0.15) is 0 Å². The molecule has 2 rings (SSSR count). The number of hydrogen-bond acceptors (Lipinski definition) is 2. The van der Waals surface area contributed by atoms with E-state index in [1.807, 2.05) is 11.6 Å². The fraction of sp³-hybridized carbons (Fsp3) is 0.474. The Labute approximate surface area is 150 Å². The van der Waals surface area contributed by atoms with E-state index in [1.54, 1.807) is 0 Å². The van der Waals surface area contributed by atoms with Gasteiger partial charge in [-0.05, 0) is 63.0 Å². The van der Waals surface area contributed by atoms with Crippen LogP contribution in [0, 0.1) is 13.8 Å². The van der Waals surface area contributed by atoms with E-state index in [2.05, 4.69) is 67.7 Å². The monoisotopic (exact) mass is 344 g/mol. The second-order valence-corrected chi connectivity index (χ2v) is 6.61. The van der Waals surface area contributed by atoms with Gasteiger partial charge < -0.3 is 10.6 Å². The first-order valence-electron chi connectivity index (χ1n) is 8.63. The molecule has 0 saturated heterocycles. The molecule has 1 atom stereocenters. The zero-order valence-electron chi connectivity index (χ0n) is 15.3. The van der Waals surface area contributed by atoms with Crippen molar-refractivity contribution in [2.45, 2.75) is 60.0 Å². The molecule has 4 nitrogen and oxygen atoms in total. The Morgan fingerprint density at radius 3 is 2.42 bits per heavy atom. The fourth-order valence-corrected chi connectivity index (χ4v) is 2.96. The van der Waals surface area contributed by atoms with E-state index in [9.17, 15) is 0 Å². The average molecular weight is 345 g/mol. The molecule has 2 N–H and O–H groups in total. The molecule has 130 valence electrons. The SMILES string of the molecule is CCC(C)c1ccc(NC(=S)NCc2c(C)nn(CC)c2C)cc1. The van der Waals surface area contributed by atoms with E-state index in [-0.39, 0.29) is 0 Å². The minimum atomic E-state index is 0.588. The van der Waals surface area contributed by atoms with Crippen molar-refractivity contribution in [3.05, 3.63) is 46.8 Å². The van der Waals surface area contributed by atoms with Gasteiger partial charge in [0.25, 0.3) is 0 Å². The van der Waals surface area contributed by atoms with Crippen LogP contribution >= 0.6 is 12.2 Å². The van der Waals surface area contributed by atoms with Crippen molar-refractivity contribution in [2.75, 3.05) is 5.32 Å². The molecule has 0 saturated carbocycles. The number of benzene rings is 1. The molecular formula is C19H28N4S. The number of thiocarbonyl (C=S) groups is 1. The molecule has 5 heteroatoms. The van der Waals surface area contributed by atoms with Gasteiger partial charge >= 0.3 is 0 Å². The molecule has 0 aliphatic heterocycles. The van der Waals surface area contributed by atoms with Crippen molar-refractivity contribution in [3.8, 4) is 0 Å². The fourth-order valence-electron chi connectivity index (χ4n) is 2.77. The Morgan fingerprint density at radius 2 is 1.88 bits per heavy atom. The first-order chi connectivity index (χ1) is 11.5. The maximum absolute atomic E-state index is 5.41. The van der Waals surface area contributed by atoms with Crippen molar-refractivity contribution < 1.29 is 0 Å². The highest BCUT2D eigenvalue weighted by Gasteiger charge is 2.10. The number of hydrogen-bond donors (Lipinski definition) is 2. The van der Waals surface area contributed by atoms with Crippen LogP contribution in [0.15, 0.2) is 24.3 Å². The maximum Gasteiger partial charge on any atom is 0.171 e. The van der Waals surface area contributed by atoms with Crippen molar-refractivity contribution >= 4 is 23.0 Å². The molecule has 0 fully saturated rings. The Balaban J connectivity index is 1.93. The molecule has 1 unspecified atom stereocenters. The first kappa shape index (κ1) is 18.5. The van der Waals surface area contributed by atoms with Crippen molar-refractivity contribution in [2.24, 2.45) is 0 Å². The largest absolute Gasteiger partial charge is 0.358 e. The molecule has 1 aromatic heterocycles. The number of nitrogens with one attached hydrogen (secondary N) is 2. The van der Waals surface area contributed by atoms with E-state index in [1.165, 1.54) is 16.8 Å². The van der Waals surface area contributed by atoms with Crippen LogP contribution < -0.4 is 10.6 Å². The van der Waals surface area contributed by atoms with Crippen molar-refractivity contribution in [1.29, 1.82) is 0 Å². The number of aryl methyl sites for hydroxylation is 2. The van der Waals surface area contributed by atoms with Crippen LogP contribution in [0.25, 0.3) is 0 Å². The molecule has 0 radical (unpaired) electrons. The number of nitrogens with zero attached hydrogens (tertiary/aromatic N) is 2. The zero-order valence-corrected chi connectivity index (χ0v) is 16.1. The molecule has 0 spiro atoms. The smallest absolute Gasteiger partial charge is 0.171 e. The van der Waals surface area contributed by atoms with E-state index in [4.69, 9.17) is 12.2 Å². The van der Waals surface area contributed by atoms with Gasteiger partial charge in [0.15, 0.2) is 5.11 Å². The third-order valence-electron chi connectivity index (χ3n) is 4.61. The topological polar surface area (TPSA) is 41.9 Å². The van der Waals surface area contributed by atoms with Gasteiger partial charge in [0, 0.05) is 30.0 Å². The second-order valence-electron chi connectivity index (χ2n) is 6.20. The van der Waals surface area contributed by atoms with Gasteiger partial charge in [0.2, 0.25) is 0 Å². The van der Waals surface area contributed by atoms with Crippen LogP contribution in [0.5, 0.6) is 0 Å². The summed E-state index contributed by atoms with van der Waals surface area (Å²) in [6.07, 6.45) is 1.15. The van der Waals surface area contributed by atoms with Gasteiger partial charge in [-0.1, -0.05) is 26.0 Å². The van der Waals surface area contributed by atoms with Crippen molar-refractivity contribution in [1.82, 2.24) is 15.1 Å². The Morgan fingerprint density at radius 1 is 1.21 bits per heavy atom. The van der Waals surface area contributed by atoms with Crippen molar-refractivity contribution in [3.63, 3.8) is 0 Å². The molecule has 0 aliphatic rings. The quantitative estimate of drug-likeness (QED) is 0.756. The molecule has 1 heterocycles. The third kappa shape index (κ3) is 4.35. The van der Waals surface area contributed by atoms with Crippen LogP contribution in [-0.2, 0) is 13.1 Å². The second kappa shape index (κ2) is 8.29. The van der Waals surface area contributed by atoms with Gasteiger partial charge in [-0.2, -0.15) is 5.10 Å². The van der Waals surface area contributed by atoms with Crippen LogP contribution in [0.2, 0.25) is 0 Å². The maximum atomic E-state index is 5.41. The lowest BCUT2D eigenvalue weighted by atomic mass is 9.99. The average Bonchev–Trinajstić information content (AvgIpc) is 2.86. The lowest BCUT2D eigenvalue weighted by Crippen LogP contribution is -2.28. The summed E-state index contributed by atoms with van der Waals surface area (Å²) in [5.74, 6) is 0.588. The molecule has 1 aromatic carbocycles. The summed E-state index contributed by atoms with van der Waals surface area (Å²) in [5.41, 5.74) is 5.84. The van der Waals surface area contributed by atoms with Crippen LogP contribution in [0.1, 0.15) is 55.6 Å². The third-order valence-corrected chi connectivity index (χ3v) is 4.85. The predicted molar refractivity (Wildman–Crippen MR) is 106 cm³/mol. The first-order valence-corrected chi connectivity index (χ1v) is 9.04. The highest BCUT2D eigenvalue weighted by molar-refractivity contribution is 7.80. The lowest BCUT2D eigenvalue weighted by Gasteiger charge is -2.13. The summed E-state index contributed by atoms with van der Waals surface area (Å²) >= 11 is 5.41. The molecule has 0 aliphatic carbocycles. The van der Waals surface area contributed by atoms with Crippen LogP contribution in [-0.4, -0.2) is 14.9 Å². The van der Waals surface area contributed by atoms with E-state index in [0.29, 0.717) is 17.6 Å². The molecule has 0 bridgehead atoms. The summed E-state index contributed by atoms with van der Waals surface area (Å²) in [6, 6.07) is 8.50. The van der Waals surface area contributed by atoms with Gasteiger partial charge in [-0.25, -0.2) is 0 Å². The molecule has 2 aromatic rings. The number of rotatable bonds is 6. The summed E-state index contributed by atoms with van der Waals surface area (Å²) in [6.45, 7) is 12.3. The Bertz CT molecular complexity index is 688. The van der Waals surface area contributed by atoms with Gasteiger partial charge in [0.05, 0.1) is 5.69 Å². The van der Waals surface area contributed by atoms with Crippen LogP contribution in [0.3, 0.4) is 0 Å². The zero-order chi connectivity index (χ0) is 17.7. The summed E-state index contributed by atoms with van der Waals surface area (Å²) in [7, 11) is 0. The highest BCUT2D eigenvalue weighted by atomic mass is 32.1. The minimum absolute atomic E-state index is 0.588. The normalized spacial score (nSPS) is 12.0. The van der Waals surface area contributed by atoms with E-state index in [0.717, 1.165) is 24.3 Å². The predicted octanol–water partition coefficient (Wildman–Crippen LogP) is 4.52. The number of aromatic nitrogens is 2. The summed E-state index contributed by atoms with van der Waals surface area (Å²) < 4.78 is 2.02. The number of anilines is 1. The van der Waals surface area contributed by atoms with Gasteiger partial charge in [-0.15, -0.1) is 0 Å². The van der Waals surface area contributed by atoms with Gasteiger partial charge in [-0.3, -0.25) is 4.68 Å². The summed E-state index contributed by atoms with van der Waals surface area (Å²) in [5, 5.41) is 11.7. The molecular weight excluding hydrogens is 316 g/mol. The standard InChI is InChI=1S/C19H28N4S/c1-6-13(3)16-8-10-17(11-9-16)21-19(24)20-12-18-14(4)22-23(7-2)15(18)5/h8-11,13H,6-7,12H2,1-5H3,(H2,20,21,24). The molecule has 24 heavy (non-hydrogen) atoms. The highest BCUT2D eigenvalue weighted by Crippen LogP contribution is 2.20.